The van der Waals surface area contributed by atoms with Crippen LogP contribution in [0.2, 0.25) is 0 Å². The van der Waals surface area contributed by atoms with Gasteiger partial charge in [0.15, 0.2) is 0 Å². The van der Waals surface area contributed by atoms with Crippen molar-refractivity contribution in [1.82, 2.24) is 0 Å². The van der Waals surface area contributed by atoms with E-state index in [1.165, 1.54) is 42.5 Å². The first kappa shape index (κ1) is 28.5. The first-order chi connectivity index (χ1) is 24.1. The Balaban J connectivity index is 1.18. The summed E-state index contributed by atoms with van der Waals surface area (Å²) in [6.07, 6.45) is 7.84. The van der Waals surface area contributed by atoms with Crippen LogP contribution in [-0.4, -0.2) is 12.8 Å². The zero-order chi connectivity index (χ0) is 32.6. The molecule has 3 nitrogen and oxygen atoms in total. The van der Waals surface area contributed by atoms with Crippen LogP contribution in [0.15, 0.2) is 145 Å². The van der Waals surface area contributed by atoms with Crippen LogP contribution in [-0.2, 0) is 0 Å². The average Bonchev–Trinajstić information content (AvgIpc) is 3.50. The van der Waals surface area contributed by atoms with Crippen LogP contribution in [0.4, 0.5) is 11.4 Å². The number of anilines is 2. The molecule has 3 heterocycles. The van der Waals surface area contributed by atoms with Gasteiger partial charge in [0, 0.05) is 43.1 Å². The minimum absolute atomic E-state index is 0.0209. The van der Waals surface area contributed by atoms with Crippen LogP contribution < -0.4 is 30.8 Å². The molecule has 3 aliphatic rings. The highest BCUT2D eigenvalue weighted by Crippen LogP contribution is 2.43. The first-order valence-electron chi connectivity index (χ1n) is 17.0. The van der Waals surface area contributed by atoms with E-state index >= 15 is 0 Å². The third-order valence-corrected chi connectivity index (χ3v) is 11.4. The fourth-order valence-electron chi connectivity index (χ4n) is 7.80. The summed E-state index contributed by atoms with van der Waals surface area (Å²) < 4.78 is 16.3. The van der Waals surface area contributed by atoms with Crippen LogP contribution in [0, 0.1) is 6.92 Å². The zero-order valence-corrected chi connectivity index (χ0v) is 28.1. The number of nitrogens with zero attached hydrogens (tertiary/aromatic N) is 1. The fraction of sp³-hybridized carbons (Fsp3) is 0.0909. The predicted octanol–water partition coefficient (Wildman–Crippen LogP) is 10.2. The SMILES string of the molecule is CC1=CCC(N(c2ccc(C)cc2)c2ccc3c(c2)Oc2cc(-c4ccccc4)cc4c2B3c2cc3c(cc2O4)sc2ccccc23)C=C1. The lowest BCUT2D eigenvalue weighted by atomic mass is 9.34. The van der Waals surface area contributed by atoms with Crippen molar-refractivity contribution in [3.8, 4) is 34.1 Å². The van der Waals surface area contributed by atoms with Gasteiger partial charge in [-0.1, -0.05) is 102 Å². The molecule has 1 aliphatic carbocycles. The van der Waals surface area contributed by atoms with Gasteiger partial charge in [-0.15, -0.1) is 11.3 Å². The van der Waals surface area contributed by atoms with E-state index in [4.69, 9.17) is 9.47 Å². The third-order valence-electron chi connectivity index (χ3n) is 10.3. The molecule has 0 bridgehead atoms. The maximum atomic E-state index is 6.96. The summed E-state index contributed by atoms with van der Waals surface area (Å²) in [6.45, 7) is 4.29. The van der Waals surface area contributed by atoms with Crippen molar-refractivity contribution < 1.29 is 9.47 Å². The molecule has 1 atom stereocenters. The average molecular weight is 650 g/mol. The molecule has 0 N–H and O–H groups in total. The van der Waals surface area contributed by atoms with Gasteiger partial charge in [-0.2, -0.15) is 0 Å². The van der Waals surface area contributed by atoms with E-state index in [0.717, 1.165) is 57.2 Å². The van der Waals surface area contributed by atoms with Crippen LogP contribution >= 0.6 is 11.3 Å². The van der Waals surface area contributed by atoms with E-state index in [1.807, 2.05) is 11.3 Å². The smallest absolute Gasteiger partial charge is 0.260 e. The molecular formula is C44H32BNO2S. The molecule has 234 valence electrons. The molecule has 2 aliphatic heterocycles. The van der Waals surface area contributed by atoms with Crippen molar-refractivity contribution >= 4 is 66.0 Å². The van der Waals surface area contributed by atoms with Gasteiger partial charge in [-0.3, -0.25) is 0 Å². The summed E-state index contributed by atoms with van der Waals surface area (Å²) >= 11 is 1.83. The van der Waals surface area contributed by atoms with E-state index in [1.54, 1.807) is 0 Å². The van der Waals surface area contributed by atoms with Crippen LogP contribution in [0.25, 0.3) is 31.3 Å². The van der Waals surface area contributed by atoms with Gasteiger partial charge in [0.05, 0.1) is 6.04 Å². The summed E-state index contributed by atoms with van der Waals surface area (Å²) in [6, 6.07) is 44.1. The third kappa shape index (κ3) is 4.64. The monoisotopic (exact) mass is 649 g/mol. The maximum Gasteiger partial charge on any atom is 0.260 e. The van der Waals surface area contributed by atoms with Gasteiger partial charge in [0.1, 0.15) is 23.0 Å². The molecule has 49 heavy (non-hydrogen) atoms. The second-order valence-electron chi connectivity index (χ2n) is 13.4. The molecule has 7 aromatic rings. The Morgan fingerprint density at radius 3 is 2.14 bits per heavy atom. The summed E-state index contributed by atoms with van der Waals surface area (Å²) in [7, 11) is 0. The number of fused-ring (bicyclic) bond motifs is 7. The largest absolute Gasteiger partial charge is 0.458 e. The number of hydrogen-bond acceptors (Lipinski definition) is 4. The normalized spacial score (nSPS) is 15.6. The van der Waals surface area contributed by atoms with E-state index in [9.17, 15) is 0 Å². The number of benzene rings is 6. The van der Waals surface area contributed by atoms with E-state index < -0.39 is 0 Å². The molecule has 0 amide bonds. The highest BCUT2D eigenvalue weighted by Gasteiger charge is 2.41. The number of hydrogen-bond donors (Lipinski definition) is 0. The number of aryl methyl sites for hydroxylation is 1. The predicted molar refractivity (Wildman–Crippen MR) is 207 cm³/mol. The molecule has 10 rings (SSSR count). The number of ether oxygens (including phenoxy) is 2. The van der Waals surface area contributed by atoms with Crippen molar-refractivity contribution in [3.63, 3.8) is 0 Å². The van der Waals surface area contributed by atoms with Crippen molar-refractivity contribution in [2.75, 3.05) is 4.90 Å². The number of rotatable bonds is 4. The first-order valence-corrected chi connectivity index (χ1v) is 17.8. The van der Waals surface area contributed by atoms with Crippen LogP contribution in [0.3, 0.4) is 0 Å². The zero-order valence-electron chi connectivity index (χ0n) is 27.3. The quantitative estimate of drug-likeness (QED) is 0.177. The Labute approximate surface area is 290 Å². The summed E-state index contributed by atoms with van der Waals surface area (Å²) in [5.41, 5.74) is 10.5. The van der Waals surface area contributed by atoms with Gasteiger partial charge in [0.2, 0.25) is 0 Å². The topological polar surface area (TPSA) is 21.7 Å². The minimum atomic E-state index is -0.0209. The molecule has 1 unspecified atom stereocenters. The molecule has 6 aromatic carbocycles. The number of allylic oxidation sites excluding steroid dienone is 2. The molecule has 5 heteroatoms. The summed E-state index contributed by atoms with van der Waals surface area (Å²) in [5, 5.41) is 2.56. The van der Waals surface area contributed by atoms with Crippen molar-refractivity contribution in [1.29, 1.82) is 0 Å². The minimum Gasteiger partial charge on any atom is -0.458 e. The number of thiophene rings is 1. The Morgan fingerprint density at radius 1 is 0.633 bits per heavy atom. The molecule has 0 radical (unpaired) electrons. The molecule has 0 saturated heterocycles. The molecule has 0 saturated carbocycles. The van der Waals surface area contributed by atoms with Crippen LogP contribution in [0.5, 0.6) is 23.0 Å². The van der Waals surface area contributed by atoms with Gasteiger partial charge in [-0.05, 0) is 84.8 Å². The van der Waals surface area contributed by atoms with Crippen molar-refractivity contribution in [2.45, 2.75) is 26.3 Å². The highest BCUT2D eigenvalue weighted by molar-refractivity contribution is 7.25. The van der Waals surface area contributed by atoms with Crippen molar-refractivity contribution in [3.05, 3.63) is 151 Å². The fourth-order valence-corrected chi connectivity index (χ4v) is 8.91. The molecule has 1 aromatic heterocycles. The lowest BCUT2D eigenvalue weighted by molar-refractivity contribution is 0.465. The molecule has 0 spiro atoms. The second-order valence-corrected chi connectivity index (χ2v) is 14.5. The van der Waals surface area contributed by atoms with E-state index in [0.29, 0.717) is 0 Å². The Bertz CT molecular complexity index is 2510. The molecular weight excluding hydrogens is 617 g/mol. The Morgan fingerprint density at radius 2 is 1.37 bits per heavy atom. The summed E-state index contributed by atoms with van der Waals surface area (Å²) in [4.78, 5) is 2.45. The van der Waals surface area contributed by atoms with Crippen LogP contribution in [0.1, 0.15) is 18.9 Å². The van der Waals surface area contributed by atoms with Gasteiger partial charge in [0.25, 0.3) is 6.71 Å². The Hall–Kier alpha value is -5.52. The standard InChI is InChI=1S/C44H32BNO2S/c1-27-12-16-31(17-13-27)46(32-18-14-28(2)15-19-32)33-20-21-36-38(24-33)47-40-22-30(29-8-4-3-5-9-29)23-41-44(40)45(36)37-25-35-34-10-6-7-11-42(34)49-43(35)26-39(37)48-41/h3-18,20-26,32H,19H2,1-2H3. The molecule has 0 fully saturated rings. The Kier molecular flexibility index (Phi) is 6.40. The van der Waals surface area contributed by atoms with E-state index in [-0.39, 0.29) is 12.8 Å². The highest BCUT2D eigenvalue weighted by atomic mass is 32.1. The summed E-state index contributed by atoms with van der Waals surface area (Å²) in [5.74, 6) is 3.52. The van der Waals surface area contributed by atoms with Crippen molar-refractivity contribution in [2.24, 2.45) is 0 Å². The lowest BCUT2D eigenvalue weighted by Crippen LogP contribution is -2.57. The second kappa shape index (κ2) is 11.0. The maximum absolute atomic E-state index is 6.96. The van der Waals surface area contributed by atoms with Gasteiger partial charge >= 0.3 is 0 Å². The van der Waals surface area contributed by atoms with Gasteiger partial charge in [-0.25, -0.2) is 0 Å². The lowest BCUT2D eigenvalue weighted by Gasteiger charge is -2.36. The van der Waals surface area contributed by atoms with Gasteiger partial charge < -0.3 is 14.4 Å². The van der Waals surface area contributed by atoms with E-state index in [2.05, 4.69) is 158 Å².